The Morgan fingerprint density at radius 1 is 1.09 bits per heavy atom. The molecular weight excluding hydrogens is 458 g/mol. The number of ether oxygens (including phenoxy) is 1. The van der Waals surface area contributed by atoms with Crippen molar-refractivity contribution >= 4 is 35.0 Å². The summed E-state index contributed by atoms with van der Waals surface area (Å²) in [5, 5.41) is 10.2. The summed E-state index contributed by atoms with van der Waals surface area (Å²) in [4.78, 5) is 46.0. The number of aryl methyl sites for hydroxylation is 1. The third-order valence-corrected chi connectivity index (χ3v) is 7.86. The van der Waals surface area contributed by atoms with E-state index in [0.29, 0.717) is 17.3 Å². The first kappa shape index (κ1) is 23.1. The lowest BCUT2D eigenvalue weighted by atomic mass is 9.74. The molecule has 4 aliphatic rings. The van der Waals surface area contributed by atoms with Crippen LogP contribution in [-0.2, 0) is 19.1 Å². The Labute approximate surface area is 203 Å². The number of rotatable bonds is 3. The summed E-state index contributed by atoms with van der Waals surface area (Å²) in [6.45, 7) is 3.98. The van der Waals surface area contributed by atoms with E-state index < -0.39 is 29.1 Å². The summed E-state index contributed by atoms with van der Waals surface area (Å²) in [6.07, 6.45) is 7.30. The number of anilines is 1. The summed E-state index contributed by atoms with van der Waals surface area (Å²) in [6, 6.07) is 4.37. The second kappa shape index (κ2) is 7.93. The zero-order valence-electron chi connectivity index (χ0n) is 19.4. The van der Waals surface area contributed by atoms with E-state index in [-0.39, 0.29) is 37.4 Å². The molecule has 1 aromatic carbocycles. The molecule has 0 radical (unpaired) electrons. The highest BCUT2D eigenvalue weighted by Crippen LogP contribution is 2.57. The number of likely N-dealkylation sites (tertiary alicyclic amines) is 1. The average molecular weight is 486 g/mol. The highest BCUT2D eigenvalue weighted by molar-refractivity contribution is 6.34. The molecule has 4 aliphatic heterocycles. The Hall–Kier alpha value is -2.68. The highest BCUT2D eigenvalue weighted by atomic mass is 35.5. The van der Waals surface area contributed by atoms with Crippen LogP contribution in [-0.4, -0.2) is 83.2 Å². The third kappa shape index (κ3) is 3.01. The molecule has 2 fully saturated rings. The predicted octanol–water partition coefficient (Wildman–Crippen LogP) is 1.54. The van der Waals surface area contributed by atoms with Gasteiger partial charge in [-0.25, -0.2) is 0 Å². The van der Waals surface area contributed by atoms with Crippen molar-refractivity contribution in [1.82, 2.24) is 9.80 Å². The molecule has 9 heteroatoms. The number of β-amino-alcohol motifs (C(OH)–C–C–N with tert-alkyl or cyclic N) is 1. The van der Waals surface area contributed by atoms with E-state index in [4.69, 9.17) is 16.3 Å². The number of hydrogen-bond acceptors (Lipinski definition) is 5. The topological polar surface area (TPSA) is 90.4 Å². The first-order valence-electron chi connectivity index (χ1n) is 11.4. The fourth-order valence-electron chi connectivity index (χ4n) is 6.16. The number of carbonyl (C=O) groups excluding carboxylic acids is 3. The number of carbonyl (C=O) groups is 3. The van der Waals surface area contributed by atoms with Gasteiger partial charge in [-0.05, 0) is 25.5 Å². The van der Waals surface area contributed by atoms with E-state index in [9.17, 15) is 19.5 Å². The SMILES string of the molecule is Cc1cccc(Cl)c1N1CC=C[C@]23O[C@]4(C)C=CCN(C)C(=O)[C@@H]4[C@H]2C(=O)N(CCO)C3C1=O. The Kier molecular flexibility index (Phi) is 5.39. The zero-order chi connectivity index (χ0) is 24.4. The smallest absolute Gasteiger partial charge is 0.253 e. The van der Waals surface area contributed by atoms with Crippen LogP contribution in [0.1, 0.15) is 12.5 Å². The number of para-hydroxylation sites is 1. The molecule has 0 saturated carbocycles. The van der Waals surface area contributed by atoms with Crippen LogP contribution in [0.5, 0.6) is 0 Å². The molecule has 180 valence electrons. The van der Waals surface area contributed by atoms with Gasteiger partial charge in [-0.3, -0.25) is 14.4 Å². The number of fused-ring (bicyclic) bond motifs is 2. The van der Waals surface area contributed by atoms with Gasteiger partial charge in [-0.2, -0.15) is 0 Å². The van der Waals surface area contributed by atoms with Crippen LogP contribution in [0.3, 0.4) is 0 Å². The van der Waals surface area contributed by atoms with Crippen molar-refractivity contribution in [2.45, 2.75) is 31.1 Å². The van der Waals surface area contributed by atoms with Crippen LogP contribution >= 0.6 is 11.6 Å². The van der Waals surface area contributed by atoms with Crippen molar-refractivity contribution in [3.05, 3.63) is 53.1 Å². The first-order valence-corrected chi connectivity index (χ1v) is 11.8. The quantitative estimate of drug-likeness (QED) is 0.656. The number of nitrogens with zero attached hydrogens (tertiary/aromatic N) is 3. The molecule has 5 rings (SSSR count). The molecule has 1 aromatic rings. The minimum atomic E-state index is -1.34. The molecule has 8 nitrogen and oxygen atoms in total. The second-order valence-electron chi connectivity index (χ2n) is 9.63. The standard InChI is InChI=1S/C25H28ClN3O5/c1-15-7-4-8-16(26)19(15)28-12-6-10-25-18(22(32)29(13-14-30)20(25)23(28)33)17-21(31)27(3)11-5-9-24(17,2)34-25/h4-10,17-18,20,30H,11-14H2,1-3H3/t17-,18-,20?,24+,25-/m0/s1. The molecule has 2 saturated heterocycles. The van der Waals surface area contributed by atoms with Crippen molar-refractivity contribution < 1.29 is 24.2 Å². The fourth-order valence-corrected chi connectivity index (χ4v) is 6.48. The van der Waals surface area contributed by atoms with Crippen molar-refractivity contribution in [3.63, 3.8) is 0 Å². The lowest BCUT2D eigenvalue weighted by molar-refractivity contribution is -0.148. The average Bonchev–Trinajstić information content (AvgIpc) is 3.05. The van der Waals surface area contributed by atoms with Gasteiger partial charge in [0.05, 0.1) is 34.8 Å². The van der Waals surface area contributed by atoms with Crippen LogP contribution in [0.25, 0.3) is 0 Å². The summed E-state index contributed by atoms with van der Waals surface area (Å²) in [5.41, 5.74) is -0.995. The van der Waals surface area contributed by atoms with Gasteiger partial charge in [0.25, 0.3) is 5.91 Å². The third-order valence-electron chi connectivity index (χ3n) is 7.56. The van der Waals surface area contributed by atoms with Crippen LogP contribution in [0, 0.1) is 18.8 Å². The number of amides is 3. The van der Waals surface area contributed by atoms with Gasteiger partial charge in [0.1, 0.15) is 11.6 Å². The molecule has 0 aliphatic carbocycles. The predicted molar refractivity (Wildman–Crippen MR) is 126 cm³/mol. The largest absolute Gasteiger partial charge is 0.395 e. The highest BCUT2D eigenvalue weighted by Gasteiger charge is 2.74. The number of aliphatic hydroxyl groups is 1. The van der Waals surface area contributed by atoms with E-state index in [0.717, 1.165) is 5.56 Å². The van der Waals surface area contributed by atoms with Crippen LogP contribution in [0.2, 0.25) is 5.02 Å². The normalized spacial score (nSPS) is 34.8. The molecule has 1 spiro atoms. The lowest BCUT2D eigenvalue weighted by Crippen LogP contribution is -2.56. The monoisotopic (exact) mass is 485 g/mol. The van der Waals surface area contributed by atoms with Gasteiger partial charge in [0.2, 0.25) is 11.8 Å². The zero-order valence-corrected chi connectivity index (χ0v) is 20.2. The van der Waals surface area contributed by atoms with Gasteiger partial charge >= 0.3 is 0 Å². The van der Waals surface area contributed by atoms with E-state index in [1.165, 1.54) is 4.90 Å². The van der Waals surface area contributed by atoms with Crippen molar-refractivity contribution in [2.75, 3.05) is 38.2 Å². The summed E-state index contributed by atoms with van der Waals surface area (Å²) in [7, 11) is 1.70. The lowest BCUT2D eigenvalue weighted by Gasteiger charge is -2.37. The molecule has 0 aromatic heterocycles. The fraction of sp³-hybridized carbons (Fsp3) is 0.480. The van der Waals surface area contributed by atoms with Crippen molar-refractivity contribution in [2.24, 2.45) is 11.8 Å². The van der Waals surface area contributed by atoms with E-state index in [1.54, 1.807) is 35.9 Å². The van der Waals surface area contributed by atoms with Crippen LogP contribution < -0.4 is 4.90 Å². The van der Waals surface area contributed by atoms with E-state index in [2.05, 4.69) is 0 Å². The van der Waals surface area contributed by atoms with Gasteiger partial charge < -0.3 is 24.5 Å². The maximum absolute atomic E-state index is 14.2. The Bertz CT molecular complexity index is 1120. The maximum Gasteiger partial charge on any atom is 0.253 e. The number of aliphatic hydroxyl groups excluding tert-OH is 1. The minimum Gasteiger partial charge on any atom is -0.395 e. The number of hydrogen-bond donors (Lipinski definition) is 1. The summed E-state index contributed by atoms with van der Waals surface area (Å²) < 4.78 is 6.66. The molecule has 1 N–H and O–H groups in total. The van der Waals surface area contributed by atoms with Crippen molar-refractivity contribution in [3.8, 4) is 0 Å². The first-order chi connectivity index (χ1) is 16.2. The molecule has 4 heterocycles. The van der Waals surface area contributed by atoms with Crippen LogP contribution in [0.4, 0.5) is 5.69 Å². The van der Waals surface area contributed by atoms with E-state index >= 15 is 0 Å². The summed E-state index contributed by atoms with van der Waals surface area (Å²) >= 11 is 6.51. The maximum atomic E-state index is 14.2. The van der Waals surface area contributed by atoms with Gasteiger partial charge in [0.15, 0.2) is 0 Å². The van der Waals surface area contributed by atoms with Gasteiger partial charge in [-0.15, -0.1) is 0 Å². The second-order valence-corrected chi connectivity index (χ2v) is 10.0. The molecule has 1 unspecified atom stereocenters. The molecule has 0 bridgehead atoms. The Balaban J connectivity index is 1.68. The molecule has 3 amide bonds. The Morgan fingerprint density at radius 2 is 1.82 bits per heavy atom. The van der Waals surface area contributed by atoms with Gasteiger partial charge in [0, 0.05) is 26.7 Å². The number of halogens is 1. The van der Waals surface area contributed by atoms with E-state index in [1.807, 2.05) is 37.3 Å². The minimum absolute atomic E-state index is 0.0384. The number of likely N-dealkylation sites (N-methyl/N-ethyl adjacent to an activating group) is 1. The van der Waals surface area contributed by atoms with Gasteiger partial charge in [-0.1, -0.05) is 48.0 Å². The van der Waals surface area contributed by atoms with Crippen molar-refractivity contribution in [1.29, 1.82) is 0 Å². The summed E-state index contributed by atoms with van der Waals surface area (Å²) in [5.74, 6) is -2.59. The van der Waals surface area contributed by atoms with Crippen LogP contribution in [0.15, 0.2) is 42.5 Å². The number of benzene rings is 1. The molecule has 5 atom stereocenters. The molecule has 34 heavy (non-hydrogen) atoms. The Morgan fingerprint density at radius 3 is 2.53 bits per heavy atom. The molecular formula is C25H28ClN3O5.